The molecule has 10 heavy (non-hydrogen) atoms. The molecular weight excluding hydrogens is 154 g/mol. The summed E-state index contributed by atoms with van der Waals surface area (Å²) < 4.78 is 26.0. The van der Waals surface area contributed by atoms with Crippen LogP contribution in [0.2, 0.25) is 0 Å². The summed E-state index contributed by atoms with van der Waals surface area (Å²) in [7, 11) is -1.95. The first-order valence-corrected chi connectivity index (χ1v) is 4.63. The van der Waals surface area contributed by atoms with E-state index in [-0.39, 0.29) is 6.61 Å². The Kier molecular flexibility index (Phi) is 3.85. The number of rotatable bonds is 4. The van der Waals surface area contributed by atoms with Crippen LogP contribution in [-0.4, -0.2) is 27.4 Å². The summed E-state index contributed by atoms with van der Waals surface area (Å²) in [6.45, 7) is 1.93. The lowest BCUT2D eigenvalue weighted by Crippen LogP contribution is -2.31. The van der Waals surface area contributed by atoms with Crippen molar-refractivity contribution >= 4 is 10.0 Å². The molecule has 0 aromatic heterocycles. The maximum Gasteiger partial charge on any atom is 0.214 e. The Hall–Kier alpha value is -0.130. The van der Waals surface area contributed by atoms with E-state index in [0.29, 0.717) is 6.42 Å². The lowest BCUT2D eigenvalue weighted by atomic mass is 10.3. The summed E-state index contributed by atoms with van der Waals surface area (Å²) in [5.74, 6) is 0. The molecule has 0 bridgehead atoms. The van der Waals surface area contributed by atoms with Crippen LogP contribution in [0.15, 0.2) is 0 Å². The van der Waals surface area contributed by atoms with E-state index in [1.54, 1.807) is 6.92 Å². The standard InChI is InChI=1S/C5H13NO3S/c1-3-5(4-9-2)10(6,7)8/h5H,3-4H2,1-2H3,(H2,6,7,8). The minimum atomic E-state index is -3.40. The third-order valence-corrected chi connectivity index (χ3v) is 2.67. The molecule has 0 saturated heterocycles. The zero-order valence-corrected chi connectivity index (χ0v) is 7.02. The SMILES string of the molecule is CCC(COC)S(N)(=O)=O. The summed E-state index contributed by atoms with van der Waals surface area (Å²) in [5, 5.41) is 4.31. The summed E-state index contributed by atoms with van der Waals surface area (Å²) in [6.07, 6.45) is 0.493. The molecule has 0 aliphatic heterocycles. The van der Waals surface area contributed by atoms with Gasteiger partial charge in [-0.05, 0) is 6.42 Å². The number of sulfonamides is 1. The van der Waals surface area contributed by atoms with Crippen molar-refractivity contribution in [2.24, 2.45) is 5.14 Å². The molecule has 0 radical (unpaired) electrons. The van der Waals surface area contributed by atoms with Gasteiger partial charge in [-0.15, -0.1) is 0 Å². The van der Waals surface area contributed by atoms with Crippen LogP contribution in [0.1, 0.15) is 13.3 Å². The first kappa shape index (κ1) is 9.87. The van der Waals surface area contributed by atoms with E-state index < -0.39 is 15.3 Å². The molecule has 4 nitrogen and oxygen atoms in total. The summed E-state index contributed by atoms with van der Waals surface area (Å²) in [6, 6.07) is 0. The number of hydrogen-bond donors (Lipinski definition) is 1. The highest BCUT2D eigenvalue weighted by molar-refractivity contribution is 7.89. The zero-order chi connectivity index (χ0) is 8.20. The van der Waals surface area contributed by atoms with E-state index in [1.165, 1.54) is 7.11 Å². The van der Waals surface area contributed by atoms with Gasteiger partial charge in [0.2, 0.25) is 10.0 Å². The summed E-state index contributed by atoms with van der Waals surface area (Å²) in [4.78, 5) is 0. The Morgan fingerprint density at radius 1 is 1.60 bits per heavy atom. The molecule has 0 saturated carbocycles. The topological polar surface area (TPSA) is 69.4 Å². The number of primary sulfonamides is 1. The third kappa shape index (κ3) is 3.14. The van der Waals surface area contributed by atoms with E-state index in [2.05, 4.69) is 4.74 Å². The maximum atomic E-state index is 10.7. The Morgan fingerprint density at radius 3 is 2.20 bits per heavy atom. The molecule has 1 atom stereocenters. The quantitative estimate of drug-likeness (QED) is 0.625. The second kappa shape index (κ2) is 3.90. The summed E-state index contributed by atoms with van der Waals surface area (Å²) in [5.41, 5.74) is 0. The van der Waals surface area contributed by atoms with Crippen LogP contribution in [0.3, 0.4) is 0 Å². The van der Waals surface area contributed by atoms with Crippen molar-refractivity contribution in [3.05, 3.63) is 0 Å². The molecule has 0 aliphatic carbocycles. The number of hydrogen-bond acceptors (Lipinski definition) is 3. The molecule has 0 aromatic rings. The number of ether oxygens (including phenoxy) is 1. The molecule has 0 heterocycles. The Bertz CT molecular complexity index is 175. The number of nitrogens with two attached hydrogens (primary N) is 1. The van der Waals surface area contributed by atoms with Crippen molar-refractivity contribution in [2.45, 2.75) is 18.6 Å². The molecule has 62 valence electrons. The van der Waals surface area contributed by atoms with Gasteiger partial charge in [-0.25, -0.2) is 13.6 Å². The lowest BCUT2D eigenvalue weighted by molar-refractivity contribution is 0.195. The second-order valence-electron chi connectivity index (χ2n) is 2.07. The first-order chi connectivity index (χ1) is 4.52. The Balaban J connectivity index is 4.08. The highest BCUT2D eigenvalue weighted by atomic mass is 32.2. The van der Waals surface area contributed by atoms with Gasteiger partial charge in [-0.1, -0.05) is 6.92 Å². The van der Waals surface area contributed by atoms with Crippen LogP contribution < -0.4 is 5.14 Å². The first-order valence-electron chi connectivity index (χ1n) is 3.03. The Morgan fingerprint density at radius 2 is 2.10 bits per heavy atom. The molecule has 0 rings (SSSR count). The van der Waals surface area contributed by atoms with Crippen LogP contribution in [0.4, 0.5) is 0 Å². The van der Waals surface area contributed by atoms with E-state index in [0.717, 1.165) is 0 Å². The lowest BCUT2D eigenvalue weighted by Gasteiger charge is -2.09. The predicted molar refractivity (Wildman–Crippen MR) is 39.1 cm³/mol. The largest absolute Gasteiger partial charge is 0.383 e. The van der Waals surface area contributed by atoms with Crippen LogP contribution in [-0.2, 0) is 14.8 Å². The highest BCUT2D eigenvalue weighted by Crippen LogP contribution is 2.00. The normalized spacial score (nSPS) is 15.1. The predicted octanol–water partition coefficient (Wildman–Crippen LogP) is -0.300. The van der Waals surface area contributed by atoms with Gasteiger partial charge in [0.25, 0.3) is 0 Å². The van der Waals surface area contributed by atoms with E-state index in [9.17, 15) is 8.42 Å². The van der Waals surface area contributed by atoms with Crippen molar-refractivity contribution in [1.29, 1.82) is 0 Å². The van der Waals surface area contributed by atoms with Gasteiger partial charge in [0.15, 0.2) is 0 Å². The average Bonchev–Trinajstić information content (AvgIpc) is 1.80. The highest BCUT2D eigenvalue weighted by Gasteiger charge is 2.18. The minimum Gasteiger partial charge on any atom is -0.383 e. The van der Waals surface area contributed by atoms with Gasteiger partial charge in [0.05, 0.1) is 11.9 Å². The van der Waals surface area contributed by atoms with Gasteiger partial charge in [-0.3, -0.25) is 0 Å². The van der Waals surface area contributed by atoms with E-state index in [4.69, 9.17) is 5.14 Å². The van der Waals surface area contributed by atoms with Crippen LogP contribution in [0.5, 0.6) is 0 Å². The van der Waals surface area contributed by atoms with E-state index in [1.807, 2.05) is 0 Å². The van der Waals surface area contributed by atoms with Gasteiger partial charge < -0.3 is 4.74 Å². The minimum absolute atomic E-state index is 0.176. The van der Waals surface area contributed by atoms with Crippen molar-refractivity contribution in [2.75, 3.05) is 13.7 Å². The molecule has 0 aromatic carbocycles. The molecule has 1 unspecified atom stereocenters. The molecule has 0 fully saturated rings. The molecule has 0 aliphatic rings. The molecule has 0 spiro atoms. The van der Waals surface area contributed by atoms with Crippen molar-refractivity contribution in [1.82, 2.24) is 0 Å². The molecule has 5 heteroatoms. The molecule has 0 amide bonds. The second-order valence-corrected chi connectivity index (χ2v) is 3.92. The molecular formula is C5H13NO3S. The zero-order valence-electron chi connectivity index (χ0n) is 6.20. The van der Waals surface area contributed by atoms with Gasteiger partial charge in [0, 0.05) is 7.11 Å². The van der Waals surface area contributed by atoms with Gasteiger partial charge in [-0.2, -0.15) is 0 Å². The summed E-state index contributed by atoms with van der Waals surface area (Å²) >= 11 is 0. The monoisotopic (exact) mass is 167 g/mol. The van der Waals surface area contributed by atoms with Crippen molar-refractivity contribution in [3.63, 3.8) is 0 Å². The van der Waals surface area contributed by atoms with Gasteiger partial charge >= 0.3 is 0 Å². The van der Waals surface area contributed by atoms with Crippen LogP contribution >= 0.6 is 0 Å². The molecule has 2 N–H and O–H groups in total. The Labute approximate surface area is 61.4 Å². The van der Waals surface area contributed by atoms with Gasteiger partial charge in [0.1, 0.15) is 0 Å². The van der Waals surface area contributed by atoms with Crippen LogP contribution in [0, 0.1) is 0 Å². The van der Waals surface area contributed by atoms with Crippen molar-refractivity contribution < 1.29 is 13.2 Å². The maximum absolute atomic E-state index is 10.7. The smallest absolute Gasteiger partial charge is 0.214 e. The van der Waals surface area contributed by atoms with Crippen molar-refractivity contribution in [3.8, 4) is 0 Å². The number of methoxy groups -OCH3 is 1. The fraction of sp³-hybridized carbons (Fsp3) is 1.00. The fourth-order valence-electron chi connectivity index (χ4n) is 0.631. The van der Waals surface area contributed by atoms with E-state index >= 15 is 0 Å². The van der Waals surface area contributed by atoms with Crippen LogP contribution in [0.25, 0.3) is 0 Å². The fourth-order valence-corrected chi connectivity index (χ4v) is 1.42. The third-order valence-electron chi connectivity index (χ3n) is 1.27. The average molecular weight is 167 g/mol.